The lowest BCUT2D eigenvalue weighted by atomic mass is 9.86. The number of carboxylic acids is 1. The number of aliphatic hydroxyl groups is 3. The number of rotatable bonds is 6. The van der Waals surface area contributed by atoms with E-state index in [1.165, 1.54) is 6.07 Å². The predicted molar refractivity (Wildman–Crippen MR) is 144 cm³/mol. The number of fused-ring (bicyclic) bond motifs is 1. The number of carbonyl (C=O) groups excluding carboxylic acids is 1. The van der Waals surface area contributed by atoms with Crippen molar-refractivity contribution in [3.05, 3.63) is 64.9 Å². The maximum absolute atomic E-state index is 13.3. The van der Waals surface area contributed by atoms with E-state index in [0.29, 0.717) is 29.8 Å². The molecule has 0 amide bonds. The first kappa shape index (κ1) is 28.1. The van der Waals surface area contributed by atoms with Gasteiger partial charge in [0.05, 0.1) is 11.4 Å². The number of carbonyl (C=O) groups is 2. The SMILES string of the molecule is CC1(C)Cc2c(-c3ccccc3)c(-c3ccc(Cl)c(O)c3)c(CC(=O)OC3O[C@H](C(=O)O)[C@@H](O)[C@H](O)[C@H]3O)n2C1. The van der Waals surface area contributed by atoms with Gasteiger partial charge in [0.25, 0.3) is 0 Å². The number of aromatic nitrogens is 1. The third kappa shape index (κ3) is 5.09. The fourth-order valence-electron chi connectivity index (χ4n) is 5.57. The van der Waals surface area contributed by atoms with Crippen molar-refractivity contribution in [3.8, 4) is 28.0 Å². The van der Waals surface area contributed by atoms with Gasteiger partial charge in [0.2, 0.25) is 6.29 Å². The van der Waals surface area contributed by atoms with Gasteiger partial charge >= 0.3 is 11.9 Å². The molecular weight excluding hydrogens is 542 g/mol. The van der Waals surface area contributed by atoms with Crippen LogP contribution in [0.1, 0.15) is 25.2 Å². The second-order valence-electron chi connectivity index (χ2n) is 11.0. The van der Waals surface area contributed by atoms with Gasteiger partial charge in [0.15, 0.2) is 6.10 Å². The van der Waals surface area contributed by atoms with Gasteiger partial charge in [-0.2, -0.15) is 0 Å². The van der Waals surface area contributed by atoms with Crippen LogP contribution in [0.2, 0.25) is 5.02 Å². The summed E-state index contributed by atoms with van der Waals surface area (Å²) in [6.45, 7) is 4.84. The quantitative estimate of drug-likeness (QED) is 0.280. The molecule has 0 aliphatic carbocycles. The first-order chi connectivity index (χ1) is 18.9. The van der Waals surface area contributed by atoms with Crippen molar-refractivity contribution in [3.63, 3.8) is 0 Å². The monoisotopic (exact) mass is 571 g/mol. The molecule has 1 aromatic heterocycles. The minimum absolute atomic E-state index is 0.115. The highest BCUT2D eigenvalue weighted by Gasteiger charge is 2.48. The fourth-order valence-corrected chi connectivity index (χ4v) is 5.69. The number of hydrogen-bond donors (Lipinski definition) is 5. The number of hydrogen-bond acceptors (Lipinski definition) is 8. The molecule has 0 radical (unpaired) electrons. The lowest BCUT2D eigenvalue weighted by Gasteiger charge is -2.38. The molecule has 5 atom stereocenters. The minimum atomic E-state index is -1.91. The molecule has 2 aromatic carbocycles. The molecule has 1 fully saturated rings. The summed E-state index contributed by atoms with van der Waals surface area (Å²) in [6, 6.07) is 14.5. The maximum Gasteiger partial charge on any atom is 0.335 e. The molecule has 212 valence electrons. The van der Waals surface area contributed by atoms with Crippen molar-refractivity contribution in [1.29, 1.82) is 0 Å². The highest BCUT2D eigenvalue weighted by Crippen LogP contribution is 2.48. The Hall–Kier alpha value is -3.41. The number of aliphatic hydroxyl groups excluding tert-OH is 3. The Morgan fingerprint density at radius 2 is 1.73 bits per heavy atom. The van der Waals surface area contributed by atoms with Crippen LogP contribution < -0.4 is 0 Å². The smallest absolute Gasteiger partial charge is 0.335 e. The van der Waals surface area contributed by atoms with Gasteiger partial charge in [-0.15, -0.1) is 0 Å². The van der Waals surface area contributed by atoms with Crippen molar-refractivity contribution in [1.82, 2.24) is 4.57 Å². The molecule has 2 aliphatic rings. The molecule has 11 heteroatoms. The number of halogens is 1. The standard InChI is InChI=1S/C29H30ClNO9/c1-29(2)12-18-21(14-6-4-3-5-7-14)22(15-8-9-16(30)19(32)10-15)17(31(18)13-29)11-20(33)39-28-25(36)23(34)24(35)26(40-28)27(37)38/h3-10,23-26,28,32,34-36H,11-13H2,1-2H3,(H,37,38)/t23-,24-,25+,26-,28?/m0/s1. The summed E-state index contributed by atoms with van der Waals surface area (Å²) in [5, 5.41) is 50.3. The summed E-state index contributed by atoms with van der Waals surface area (Å²) in [5.41, 5.74) is 4.62. The van der Waals surface area contributed by atoms with E-state index in [1.807, 2.05) is 30.3 Å². The summed E-state index contributed by atoms with van der Waals surface area (Å²) in [5.74, 6) is -2.55. The number of aromatic hydroxyl groups is 1. The van der Waals surface area contributed by atoms with Crippen LogP contribution in [0.3, 0.4) is 0 Å². The van der Waals surface area contributed by atoms with Crippen LogP contribution in [0.25, 0.3) is 22.3 Å². The Kier molecular flexibility index (Phi) is 7.41. The Bertz CT molecular complexity index is 1450. The lowest BCUT2D eigenvalue weighted by molar-refractivity contribution is -0.286. The van der Waals surface area contributed by atoms with Crippen LogP contribution in [0.5, 0.6) is 5.75 Å². The Balaban J connectivity index is 1.58. The maximum atomic E-state index is 13.3. The molecule has 3 heterocycles. The molecule has 40 heavy (non-hydrogen) atoms. The zero-order valence-electron chi connectivity index (χ0n) is 21.8. The van der Waals surface area contributed by atoms with E-state index in [0.717, 1.165) is 16.8 Å². The number of ether oxygens (including phenoxy) is 2. The molecule has 1 unspecified atom stereocenters. The molecular formula is C29H30ClNO9. The second-order valence-corrected chi connectivity index (χ2v) is 11.4. The van der Waals surface area contributed by atoms with E-state index in [9.17, 15) is 35.1 Å². The number of esters is 1. The van der Waals surface area contributed by atoms with Crippen molar-refractivity contribution >= 4 is 23.5 Å². The van der Waals surface area contributed by atoms with E-state index in [4.69, 9.17) is 21.1 Å². The predicted octanol–water partition coefficient (Wildman–Crippen LogP) is 2.74. The summed E-state index contributed by atoms with van der Waals surface area (Å²) in [6.07, 6.45) is -8.95. The highest BCUT2D eigenvalue weighted by molar-refractivity contribution is 6.32. The van der Waals surface area contributed by atoms with Crippen molar-refractivity contribution in [2.75, 3.05) is 0 Å². The first-order valence-corrected chi connectivity index (χ1v) is 13.2. The zero-order chi connectivity index (χ0) is 28.9. The van der Waals surface area contributed by atoms with Crippen LogP contribution in [0.4, 0.5) is 0 Å². The largest absolute Gasteiger partial charge is 0.506 e. The van der Waals surface area contributed by atoms with Gasteiger partial charge in [-0.1, -0.05) is 61.8 Å². The van der Waals surface area contributed by atoms with E-state index in [1.54, 1.807) is 12.1 Å². The molecule has 0 saturated carbocycles. The number of nitrogens with zero attached hydrogens (tertiary/aromatic N) is 1. The normalized spacial score (nSPS) is 25.4. The molecule has 5 rings (SSSR count). The molecule has 3 aromatic rings. The summed E-state index contributed by atoms with van der Waals surface area (Å²) >= 11 is 6.09. The summed E-state index contributed by atoms with van der Waals surface area (Å²) in [7, 11) is 0. The average Bonchev–Trinajstić information content (AvgIpc) is 3.36. The van der Waals surface area contributed by atoms with Crippen molar-refractivity contribution in [2.24, 2.45) is 5.41 Å². The van der Waals surface area contributed by atoms with Crippen LogP contribution in [-0.2, 0) is 38.4 Å². The third-order valence-corrected chi connectivity index (χ3v) is 7.70. The van der Waals surface area contributed by atoms with Crippen LogP contribution in [0, 0.1) is 5.41 Å². The van der Waals surface area contributed by atoms with Crippen LogP contribution in [-0.4, -0.2) is 72.7 Å². The second kappa shape index (κ2) is 10.5. The van der Waals surface area contributed by atoms with Crippen LogP contribution in [0.15, 0.2) is 48.5 Å². The van der Waals surface area contributed by atoms with Gasteiger partial charge in [-0.05, 0) is 35.1 Å². The number of benzene rings is 2. The number of phenols is 1. The van der Waals surface area contributed by atoms with Crippen molar-refractivity contribution < 1.29 is 44.6 Å². The number of carboxylic acid groups (broad SMARTS) is 1. The topological polar surface area (TPSA) is 159 Å². The zero-order valence-corrected chi connectivity index (χ0v) is 22.6. The van der Waals surface area contributed by atoms with E-state index < -0.39 is 42.6 Å². The van der Waals surface area contributed by atoms with E-state index in [-0.39, 0.29) is 22.6 Å². The molecule has 5 N–H and O–H groups in total. The number of aliphatic carboxylic acids is 1. The molecule has 1 saturated heterocycles. The third-order valence-electron chi connectivity index (χ3n) is 7.38. The van der Waals surface area contributed by atoms with Crippen LogP contribution >= 0.6 is 11.6 Å². The van der Waals surface area contributed by atoms with Gasteiger partial charge in [0, 0.05) is 29.1 Å². The molecule has 0 bridgehead atoms. The highest BCUT2D eigenvalue weighted by atomic mass is 35.5. The average molecular weight is 572 g/mol. The molecule has 2 aliphatic heterocycles. The Morgan fingerprint density at radius 1 is 1.02 bits per heavy atom. The lowest BCUT2D eigenvalue weighted by Crippen LogP contribution is -2.60. The van der Waals surface area contributed by atoms with Gasteiger partial charge in [-0.3, -0.25) is 4.79 Å². The Labute approximate surface area is 235 Å². The van der Waals surface area contributed by atoms with Crippen molar-refractivity contribution in [2.45, 2.75) is 63.9 Å². The number of phenolic OH excluding ortho intramolecular Hbond substituents is 1. The van der Waals surface area contributed by atoms with Gasteiger partial charge in [0.1, 0.15) is 24.1 Å². The first-order valence-electron chi connectivity index (χ1n) is 12.8. The van der Waals surface area contributed by atoms with E-state index in [2.05, 4.69) is 18.4 Å². The Morgan fingerprint density at radius 3 is 2.38 bits per heavy atom. The summed E-state index contributed by atoms with van der Waals surface area (Å²) in [4.78, 5) is 24.8. The van der Waals surface area contributed by atoms with Gasteiger partial charge in [-0.25, -0.2) is 4.79 Å². The molecule has 0 spiro atoms. The van der Waals surface area contributed by atoms with Gasteiger partial charge < -0.3 is 39.6 Å². The minimum Gasteiger partial charge on any atom is -0.506 e. The molecule has 10 nitrogen and oxygen atoms in total. The fraction of sp³-hybridized carbons (Fsp3) is 0.379. The van der Waals surface area contributed by atoms with E-state index >= 15 is 0 Å². The summed E-state index contributed by atoms with van der Waals surface area (Å²) < 4.78 is 12.5.